The molecule has 5 nitrogen and oxygen atoms in total. The van der Waals surface area contributed by atoms with Crippen LogP contribution >= 0.6 is 0 Å². The van der Waals surface area contributed by atoms with Crippen LogP contribution < -0.4 is 5.73 Å². The van der Waals surface area contributed by atoms with Crippen molar-refractivity contribution in [2.24, 2.45) is 5.73 Å². The molecule has 0 aliphatic heterocycles. The van der Waals surface area contributed by atoms with Crippen LogP contribution in [0.3, 0.4) is 0 Å². The number of benzene rings is 1. The van der Waals surface area contributed by atoms with E-state index in [1.54, 1.807) is 4.68 Å². The molecule has 1 amide bonds. The highest BCUT2D eigenvalue weighted by atomic mass is 16.1. The van der Waals surface area contributed by atoms with E-state index in [9.17, 15) is 4.79 Å². The number of hydrogen-bond acceptors (Lipinski definition) is 3. The average Bonchev–Trinajstić information content (AvgIpc) is 3.02. The van der Waals surface area contributed by atoms with Gasteiger partial charge < -0.3 is 5.73 Å². The van der Waals surface area contributed by atoms with Gasteiger partial charge in [0.1, 0.15) is 17.6 Å². The van der Waals surface area contributed by atoms with Crippen LogP contribution in [0.1, 0.15) is 29.8 Å². The van der Waals surface area contributed by atoms with Gasteiger partial charge in [0.2, 0.25) is 5.91 Å². The Balaban J connectivity index is 2.13. The largest absolute Gasteiger partial charge is 0.369 e. The molecule has 0 saturated heterocycles. The van der Waals surface area contributed by atoms with E-state index in [0.29, 0.717) is 5.82 Å². The number of carbonyl (C=O) groups is 1. The second-order valence-corrected chi connectivity index (χ2v) is 5.23. The average molecular weight is 256 g/mol. The maximum Gasteiger partial charge on any atom is 0.231 e. The summed E-state index contributed by atoms with van der Waals surface area (Å²) in [5.74, 6) is 0.346. The molecule has 5 heteroatoms. The number of aromatic nitrogens is 3. The molecule has 0 atom stereocenters. The van der Waals surface area contributed by atoms with Gasteiger partial charge in [-0.25, -0.2) is 9.67 Å². The fourth-order valence-corrected chi connectivity index (χ4v) is 2.49. The van der Waals surface area contributed by atoms with E-state index in [4.69, 9.17) is 5.73 Å². The number of amides is 1. The van der Waals surface area contributed by atoms with E-state index in [2.05, 4.69) is 16.1 Å². The minimum atomic E-state index is -0.617. The number of nitrogens with two attached hydrogens (primary N) is 1. The first kappa shape index (κ1) is 11.9. The summed E-state index contributed by atoms with van der Waals surface area (Å²) in [6.07, 6.45) is 3.00. The Morgan fingerprint density at radius 3 is 2.68 bits per heavy atom. The van der Waals surface area contributed by atoms with Gasteiger partial charge in [0.15, 0.2) is 0 Å². The highest BCUT2D eigenvalue weighted by molar-refractivity contribution is 5.89. The van der Waals surface area contributed by atoms with Crippen LogP contribution in [0.5, 0.6) is 0 Å². The van der Waals surface area contributed by atoms with Gasteiger partial charge in [-0.1, -0.05) is 17.7 Å². The van der Waals surface area contributed by atoms with Crippen LogP contribution in [-0.4, -0.2) is 20.7 Å². The Bertz CT molecular complexity index is 655. The molecule has 2 aromatic rings. The van der Waals surface area contributed by atoms with E-state index in [1.165, 1.54) is 11.9 Å². The monoisotopic (exact) mass is 256 g/mol. The molecule has 1 fully saturated rings. The molecular weight excluding hydrogens is 240 g/mol. The highest BCUT2D eigenvalue weighted by Crippen LogP contribution is 2.47. The molecule has 0 unspecified atom stereocenters. The Hall–Kier alpha value is -2.17. The maximum absolute atomic E-state index is 11.6. The van der Waals surface area contributed by atoms with Gasteiger partial charge in [0.05, 0.1) is 5.69 Å². The molecule has 1 aliphatic carbocycles. The fraction of sp³-hybridized carbons (Fsp3) is 0.357. The molecule has 0 radical (unpaired) electrons. The summed E-state index contributed by atoms with van der Waals surface area (Å²) < 4.78 is 1.74. The van der Waals surface area contributed by atoms with E-state index in [1.807, 2.05) is 26.0 Å². The first-order chi connectivity index (χ1) is 9.04. The van der Waals surface area contributed by atoms with Crippen LogP contribution in [0.4, 0.5) is 0 Å². The zero-order valence-electron chi connectivity index (χ0n) is 11.1. The van der Waals surface area contributed by atoms with Crippen LogP contribution in [0, 0.1) is 13.8 Å². The number of primary amides is 1. The van der Waals surface area contributed by atoms with Crippen molar-refractivity contribution in [3.63, 3.8) is 0 Å². The summed E-state index contributed by atoms with van der Waals surface area (Å²) in [4.78, 5) is 15.9. The number of carbonyl (C=O) groups excluding carboxylic acids is 1. The van der Waals surface area contributed by atoms with Crippen LogP contribution in [0.2, 0.25) is 0 Å². The molecule has 1 aliphatic rings. The minimum absolute atomic E-state index is 0.313. The van der Waals surface area contributed by atoms with E-state index < -0.39 is 5.41 Å². The van der Waals surface area contributed by atoms with Crippen molar-refractivity contribution in [3.8, 4) is 5.69 Å². The summed E-state index contributed by atoms with van der Waals surface area (Å²) in [6.45, 7) is 4.07. The van der Waals surface area contributed by atoms with E-state index in [-0.39, 0.29) is 5.91 Å². The van der Waals surface area contributed by atoms with E-state index in [0.717, 1.165) is 24.1 Å². The predicted molar refractivity (Wildman–Crippen MR) is 70.9 cm³/mol. The number of aryl methyl sites for hydroxylation is 2. The van der Waals surface area contributed by atoms with Crippen LogP contribution in [0.25, 0.3) is 5.69 Å². The molecule has 0 bridgehead atoms. The summed E-state index contributed by atoms with van der Waals surface area (Å²) in [5, 5.41) is 4.26. The SMILES string of the molecule is Cc1ccc(-n2ncnc2C2(C(N)=O)CC2)c(C)c1. The molecule has 98 valence electrons. The maximum atomic E-state index is 11.6. The third-order valence-electron chi connectivity index (χ3n) is 3.78. The Kier molecular flexibility index (Phi) is 2.45. The third kappa shape index (κ3) is 1.73. The van der Waals surface area contributed by atoms with Crippen LogP contribution in [-0.2, 0) is 10.2 Å². The standard InChI is InChI=1S/C14H16N4O/c1-9-3-4-11(10(2)7-9)18-13(16-8-17-18)14(5-6-14)12(15)19/h3-4,7-8H,5-6H2,1-2H3,(H2,15,19). The molecule has 3 rings (SSSR count). The molecule has 1 heterocycles. The van der Waals surface area contributed by atoms with Gasteiger partial charge in [-0.3, -0.25) is 4.79 Å². The fourth-order valence-electron chi connectivity index (χ4n) is 2.49. The lowest BCUT2D eigenvalue weighted by Crippen LogP contribution is -2.31. The lowest BCUT2D eigenvalue weighted by atomic mass is 10.1. The molecule has 1 saturated carbocycles. The van der Waals surface area contributed by atoms with Gasteiger partial charge in [0.25, 0.3) is 0 Å². The van der Waals surface area contributed by atoms with Crippen molar-refractivity contribution in [2.75, 3.05) is 0 Å². The quantitative estimate of drug-likeness (QED) is 0.902. The van der Waals surface area contributed by atoms with Gasteiger partial charge >= 0.3 is 0 Å². The summed E-state index contributed by atoms with van der Waals surface area (Å²) >= 11 is 0. The zero-order valence-corrected chi connectivity index (χ0v) is 11.1. The van der Waals surface area contributed by atoms with Crippen LogP contribution in [0.15, 0.2) is 24.5 Å². The minimum Gasteiger partial charge on any atom is -0.369 e. The number of nitrogens with zero attached hydrogens (tertiary/aromatic N) is 3. The highest BCUT2D eigenvalue weighted by Gasteiger charge is 2.54. The van der Waals surface area contributed by atoms with Gasteiger partial charge in [0, 0.05) is 0 Å². The third-order valence-corrected chi connectivity index (χ3v) is 3.78. The molecular formula is C14H16N4O. The van der Waals surface area contributed by atoms with Crippen molar-refractivity contribution in [3.05, 3.63) is 41.5 Å². The van der Waals surface area contributed by atoms with Crippen molar-refractivity contribution in [1.29, 1.82) is 0 Å². The van der Waals surface area contributed by atoms with Gasteiger partial charge in [-0.05, 0) is 38.3 Å². The lowest BCUT2D eigenvalue weighted by molar-refractivity contribution is -0.120. The Morgan fingerprint density at radius 2 is 2.11 bits per heavy atom. The smallest absolute Gasteiger partial charge is 0.231 e. The van der Waals surface area contributed by atoms with Crippen molar-refractivity contribution in [1.82, 2.24) is 14.8 Å². The van der Waals surface area contributed by atoms with Gasteiger partial charge in [-0.15, -0.1) is 0 Å². The molecule has 0 spiro atoms. The normalized spacial score (nSPS) is 16.3. The Labute approximate surface area is 111 Å². The molecule has 1 aromatic heterocycles. The zero-order chi connectivity index (χ0) is 13.6. The van der Waals surface area contributed by atoms with E-state index >= 15 is 0 Å². The summed E-state index contributed by atoms with van der Waals surface area (Å²) in [7, 11) is 0. The summed E-state index contributed by atoms with van der Waals surface area (Å²) in [5.41, 5.74) is 8.14. The molecule has 2 N–H and O–H groups in total. The lowest BCUT2D eigenvalue weighted by Gasteiger charge is -2.14. The predicted octanol–water partition coefficient (Wildman–Crippen LogP) is 1.40. The summed E-state index contributed by atoms with van der Waals surface area (Å²) in [6, 6.07) is 6.11. The number of rotatable bonds is 3. The first-order valence-corrected chi connectivity index (χ1v) is 6.33. The van der Waals surface area contributed by atoms with Crippen molar-refractivity contribution in [2.45, 2.75) is 32.1 Å². The topological polar surface area (TPSA) is 73.8 Å². The molecule has 19 heavy (non-hydrogen) atoms. The Morgan fingerprint density at radius 1 is 1.37 bits per heavy atom. The van der Waals surface area contributed by atoms with Gasteiger partial charge in [-0.2, -0.15) is 5.10 Å². The second-order valence-electron chi connectivity index (χ2n) is 5.23. The first-order valence-electron chi connectivity index (χ1n) is 6.33. The van der Waals surface area contributed by atoms with Crippen molar-refractivity contribution >= 4 is 5.91 Å². The van der Waals surface area contributed by atoms with Crippen molar-refractivity contribution < 1.29 is 4.79 Å². The molecule has 1 aromatic carbocycles. The second kappa shape index (κ2) is 3.91. The number of hydrogen-bond donors (Lipinski definition) is 1.